The lowest BCUT2D eigenvalue weighted by molar-refractivity contribution is -0.142. The van der Waals surface area contributed by atoms with Crippen LogP contribution < -0.4 is 5.32 Å². The highest BCUT2D eigenvalue weighted by Gasteiger charge is 2.65. The standard InChI is InChI=1S/C21H24N2O6/c1-2-27-17-12-21(17)16(11-18(24)29-21)22-19(25)15-9-6-10-23(15)20(26)28-13-14-7-4-3-5-8-14/h3-5,7-8,11,15,17H,2,6,9-10,12-13H2,1H3,(H,22,25)/t15-,17?,21?/m0/s1. The van der Waals surface area contributed by atoms with Gasteiger partial charge in [-0.05, 0) is 25.3 Å². The molecule has 1 aromatic rings. The van der Waals surface area contributed by atoms with E-state index in [-0.39, 0.29) is 18.6 Å². The predicted molar refractivity (Wildman–Crippen MR) is 101 cm³/mol. The maximum atomic E-state index is 12.9. The molecule has 0 radical (unpaired) electrons. The van der Waals surface area contributed by atoms with E-state index >= 15 is 0 Å². The molecule has 0 aromatic heterocycles. The number of amides is 2. The molecule has 1 aromatic carbocycles. The number of carbonyl (C=O) groups excluding carboxylic acids is 3. The molecular weight excluding hydrogens is 376 g/mol. The van der Waals surface area contributed by atoms with Crippen LogP contribution in [-0.2, 0) is 30.4 Å². The molecule has 29 heavy (non-hydrogen) atoms. The molecule has 1 saturated heterocycles. The van der Waals surface area contributed by atoms with E-state index in [1.54, 1.807) is 0 Å². The monoisotopic (exact) mass is 400 g/mol. The summed E-state index contributed by atoms with van der Waals surface area (Å²) in [5.41, 5.74) is 0.404. The Morgan fingerprint density at radius 1 is 1.31 bits per heavy atom. The van der Waals surface area contributed by atoms with E-state index in [9.17, 15) is 14.4 Å². The van der Waals surface area contributed by atoms with Gasteiger partial charge >= 0.3 is 12.1 Å². The zero-order valence-corrected chi connectivity index (χ0v) is 16.3. The zero-order chi connectivity index (χ0) is 20.4. The summed E-state index contributed by atoms with van der Waals surface area (Å²) in [4.78, 5) is 38.6. The van der Waals surface area contributed by atoms with Crippen molar-refractivity contribution in [2.45, 2.75) is 50.5 Å². The third-order valence-electron chi connectivity index (χ3n) is 5.47. The van der Waals surface area contributed by atoms with Gasteiger partial charge in [-0.3, -0.25) is 9.69 Å². The maximum absolute atomic E-state index is 12.9. The molecule has 1 spiro atoms. The van der Waals surface area contributed by atoms with E-state index in [0.717, 1.165) is 5.56 Å². The van der Waals surface area contributed by atoms with E-state index in [1.165, 1.54) is 11.0 Å². The summed E-state index contributed by atoms with van der Waals surface area (Å²) in [5.74, 6) is -0.835. The van der Waals surface area contributed by atoms with Crippen LogP contribution in [-0.4, -0.2) is 53.8 Å². The number of ether oxygens (including phenoxy) is 3. The van der Waals surface area contributed by atoms with Crippen LogP contribution in [0.25, 0.3) is 0 Å². The summed E-state index contributed by atoms with van der Waals surface area (Å²) in [6.07, 6.45) is 2.29. The molecular formula is C21H24N2O6. The Kier molecular flexibility index (Phi) is 5.27. The van der Waals surface area contributed by atoms with Crippen molar-refractivity contribution in [3.63, 3.8) is 0 Å². The third kappa shape index (κ3) is 3.85. The van der Waals surface area contributed by atoms with Gasteiger partial charge in [0.2, 0.25) is 5.91 Å². The highest BCUT2D eigenvalue weighted by Crippen LogP contribution is 2.50. The molecule has 3 atom stereocenters. The highest BCUT2D eigenvalue weighted by molar-refractivity contribution is 5.92. The Balaban J connectivity index is 1.37. The normalized spacial score (nSPS) is 27.6. The molecule has 4 rings (SSSR count). The highest BCUT2D eigenvalue weighted by atomic mass is 16.6. The first-order chi connectivity index (χ1) is 14.0. The van der Waals surface area contributed by atoms with Gasteiger partial charge in [0.1, 0.15) is 18.8 Å². The van der Waals surface area contributed by atoms with Gasteiger partial charge in [-0.1, -0.05) is 30.3 Å². The maximum Gasteiger partial charge on any atom is 0.410 e. The Hall–Kier alpha value is -2.87. The van der Waals surface area contributed by atoms with E-state index in [2.05, 4.69) is 5.32 Å². The van der Waals surface area contributed by atoms with Crippen LogP contribution in [0.3, 0.4) is 0 Å². The predicted octanol–water partition coefficient (Wildman–Crippen LogP) is 1.89. The van der Waals surface area contributed by atoms with Crippen molar-refractivity contribution in [2.75, 3.05) is 13.2 Å². The average Bonchev–Trinajstić information content (AvgIpc) is 3.05. The molecule has 1 saturated carbocycles. The quantitative estimate of drug-likeness (QED) is 0.733. The van der Waals surface area contributed by atoms with Gasteiger partial charge in [-0.2, -0.15) is 0 Å². The number of nitrogens with zero attached hydrogens (tertiary/aromatic N) is 1. The minimum atomic E-state index is -0.889. The number of likely N-dealkylation sites (tertiary alicyclic amines) is 1. The number of carbonyl (C=O) groups is 3. The Labute approximate surface area is 168 Å². The molecule has 0 bridgehead atoms. The fourth-order valence-corrected chi connectivity index (χ4v) is 3.92. The van der Waals surface area contributed by atoms with Crippen molar-refractivity contribution < 1.29 is 28.6 Å². The largest absolute Gasteiger partial charge is 0.446 e. The summed E-state index contributed by atoms with van der Waals surface area (Å²) in [7, 11) is 0. The lowest BCUT2D eigenvalue weighted by atomic mass is 10.1. The van der Waals surface area contributed by atoms with Crippen molar-refractivity contribution >= 4 is 18.0 Å². The number of hydrogen-bond acceptors (Lipinski definition) is 6. The number of benzene rings is 1. The van der Waals surface area contributed by atoms with Crippen LogP contribution in [0.5, 0.6) is 0 Å². The van der Waals surface area contributed by atoms with E-state index in [0.29, 0.717) is 38.1 Å². The Morgan fingerprint density at radius 2 is 2.10 bits per heavy atom. The Bertz CT molecular complexity index is 839. The van der Waals surface area contributed by atoms with Crippen LogP contribution in [0, 0.1) is 0 Å². The van der Waals surface area contributed by atoms with Gasteiger partial charge in [0.15, 0.2) is 5.60 Å². The van der Waals surface area contributed by atoms with Crippen LogP contribution >= 0.6 is 0 Å². The van der Waals surface area contributed by atoms with Gasteiger partial charge < -0.3 is 19.5 Å². The van der Waals surface area contributed by atoms with Crippen molar-refractivity contribution in [1.82, 2.24) is 10.2 Å². The lowest BCUT2D eigenvalue weighted by Crippen LogP contribution is -2.47. The molecule has 8 heteroatoms. The van der Waals surface area contributed by atoms with Crippen molar-refractivity contribution in [1.29, 1.82) is 0 Å². The second kappa shape index (κ2) is 7.87. The topological polar surface area (TPSA) is 94.2 Å². The van der Waals surface area contributed by atoms with Gasteiger partial charge in [0, 0.05) is 25.6 Å². The molecule has 2 aliphatic heterocycles. The Morgan fingerprint density at radius 3 is 2.86 bits per heavy atom. The molecule has 3 aliphatic rings. The van der Waals surface area contributed by atoms with E-state index in [1.807, 2.05) is 37.3 Å². The second-order valence-corrected chi connectivity index (χ2v) is 7.40. The molecule has 1 aliphatic carbocycles. The molecule has 2 fully saturated rings. The minimum Gasteiger partial charge on any atom is -0.446 e. The fourth-order valence-electron chi connectivity index (χ4n) is 3.92. The minimum absolute atomic E-state index is 0.150. The molecule has 154 valence electrons. The summed E-state index contributed by atoms with van der Waals surface area (Å²) in [6.45, 7) is 2.96. The van der Waals surface area contributed by atoms with Crippen LogP contribution in [0.4, 0.5) is 4.79 Å². The zero-order valence-electron chi connectivity index (χ0n) is 16.3. The molecule has 1 N–H and O–H groups in total. The van der Waals surface area contributed by atoms with Gasteiger partial charge in [-0.25, -0.2) is 9.59 Å². The summed E-state index contributed by atoms with van der Waals surface area (Å²) in [5, 5.41) is 2.80. The van der Waals surface area contributed by atoms with Gasteiger partial charge in [-0.15, -0.1) is 0 Å². The molecule has 2 unspecified atom stereocenters. The van der Waals surface area contributed by atoms with Crippen LogP contribution in [0.1, 0.15) is 31.7 Å². The average molecular weight is 400 g/mol. The van der Waals surface area contributed by atoms with Crippen LogP contribution in [0.15, 0.2) is 42.1 Å². The third-order valence-corrected chi connectivity index (χ3v) is 5.47. The second-order valence-electron chi connectivity index (χ2n) is 7.40. The molecule has 8 nitrogen and oxygen atoms in total. The van der Waals surface area contributed by atoms with Crippen molar-refractivity contribution in [3.05, 3.63) is 47.7 Å². The number of rotatable bonds is 6. The number of nitrogens with one attached hydrogen (secondary N) is 1. The van der Waals surface area contributed by atoms with Gasteiger partial charge in [0.25, 0.3) is 0 Å². The molecule has 2 amide bonds. The van der Waals surface area contributed by atoms with Crippen LogP contribution in [0.2, 0.25) is 0 Å². The number of hydrogen-bond donors (Lipinski definition) is 1. The first kappa shape index (κ1) is 19.4. The lowest BCUT2D eigenvalue weighted by Gasteiger charge is -2.24. The van der Waals surface area contributed by atoms with E-state index in [4.69, 9.17) is 14.2 Å². The summed E-state index contributed by atoms with van der Waals surface area (Å²) >= 11 is 0. The number of esters is 1. The van der Waals surface area contributed by atoms with E-state index < -0.39 is 23.7 Å². The first-order valence-corrected chi connectivity index (χ1v) is 9.88. The molecule has 2 heterocycles. The smallest absolute Gasteiger partial charge is 0.410 e. The van der Waals surface area contributed by atoms with Crippen molar-refractivity contribution in [2.24, 2.45) is 0 Å². The summed E-state index contributed by atoms with van der Waals surface area (Å²) < 4.78 is 16.3. The van der Waals surface area contributed by atoms with Crippen molar-refractivity contribution in [3.8, 4) is 0 Å². The van der Waals surface area contributed by atoms with Gasteiger partial charge in [0.05, 0.1) is 5.70 Å². The SMILES string of the molecule is CCOC1CC12OC(=O)C=C2NC(=O)[C@@H]1CCCN1C(=O)OCc1ccccc1. The fraction of sp³-hybridized carbons (Fsp3) is 0.476. The summed E-state index contributed by atoms with van der Waals surface area (Å²) in [6, 6.07) is 8.73. The first-order valence-electron chi connectivity index (χ1n) is 9.88.